The molecule has 0 bridgehead atoms. The van der Waals surface area contributed by atoms with Crippen LogP contribution < -0.4 is 5.56 Å². The summed E-state index contributed by atoms with van der Waals surface area (Å²) in [4.78, 5) is 27.1. The Bertz CT molecular complexity index is 1860. The highest BCUT2D eigenvalue weighted by Gasteiger charge is 2.43. The van der Waals surface area contributed by atoms with Crippen LogP contribution in [0.3, 0.4) is 0 Å². The molecule has 1 atom stereocenters. The average molecular weight is 599 g/mol. The second-order valence-electron chi connectivity index (χ2n) is 10.3. The van der Waals surface area contributed by atoms with E-state index in [0.717, 1.165) is 44.5 Å². The third kappa shape index (κ3) is 5.00. The number of ether oxygens (including phenoxy) is 1. The first-order chi connectivity index (χ1) is 19.9. The lowest BCUT2D eigenvalue weighted by atomic mass is 9.88. The van der Waals surface area contributed by atoms with Crippen LogP contribution in [0.15, 0.2) is 76.6 Å². The van der Waals surface area contributed by atoms with Gasteiger partial charge in [-0.2, -0.15) is 17.5 Å². The van der Waals surface area contributed by atoms with E-state index in [1.54, 1.807) is 0 Å². The number of halogens is 3. The monoisotopic (exact) mass is 598 g/mol. The molecule has 5 rings (SSSR count). The van der Waals surface area contributed by atoms with Gasteiger partial charge < -0.3 is 4.74 Å². The number of likely N-dealkylation sites (N-methyl/N-ethyl adjacent to an activating group) is 1. The number of rotatable bonds is 6. The fourth-order valence-corrected chi connectivity index (χ4v) is 7.27. The van der Waals surface area contributed by atoms with Gasteiger partial charge in [-0.1, -0.05) is 67.9 Å². The zero-order valence-corrected chi connectivity index (χ0v) is 24.1. The molecule has 0 fully saturated rings. The van der Waals surface area contributed by atoms with Crippen LogP contribution in [0.5, 0.6) is 0 Å². The number of hydrogen-bond acceptors (Lipinski definition) is 5. The maximum Gasteiger partial charge on any atom is 0.416 e. The van der Waals surface area contributed by atoms with E-state index in [1.165, 1.54) is 19.2 Å². The third-order valence-electron chi connectivity index (χ3n) is 7.67. The predicted octanol–water partition coefficient (Wildman–Crippen LogP) is 5.58. The number of fused-ring (bicyclic) bond motifs is 2. The van der Waals surface area contributed by atoms with Crippen molar-refractivity contribution in [2.75, 3.05) is 20.7 Å². The lowest BCUT2D eigenvalue weighted by Crippen LogP contribution is -2.49. The molecule has 42 heavy (non-hydrogen) atoms. The van der Waals surface area contributed by atoms with Crippen LogP contribution in [-0.2, 0) is 38.6 Å². The molecule has 0 radical (unpaired) electrons. The smallest absolute Gasteiger partial charge is 0.416 e. The standard InChI is InChI=1S/C31H29F3N2O5S/c1-4-9-24-25(17-20-12-7-11-19-10-5-6-15-23(19)20)27(21-13-8-14-22(16-21)31(32,33)34)29-36(28(24)37)26(30(38)41-3)18-35(2)42(29,39)40/h5-8,10-16,26H,4,9,17-18H2,1-3H3. The van der Waals surface area contributed by atoms with Gasteiger partial charge in [-0.05, 0) is 52.4 Å². The number of hydrogen-bond donors (Lipinski definition) is 0. The van der Waals surface area contributed by atoms with Gasteiger partial charge in [0.2, 0.25) is 0 Å². The number of sulfonamides is 1. The Hall–Kier alpha value is -3.96. The Balaban J connectivity index is 1.96. The van der Waals surface area contributed by atoms with E-state index in [0.29, 0.717) is 12.0 Å². The molecule has 3 aromatic carbocycles. The molecule has 0 N–H and O–H groups in total. The summed E-state index contributed by atoms with van der Waals surface area (Å²) in [7, 11) is -2.03. The van der Waals surface area contributed by atoms with E-state index in [-0.39, 0.29) is 36.1 Å². The second-order valence-corrected chi connectivity index (χ2v) is 12.2. The highest BCUT2D eigenvalue weighted by atomic mass is 32.2. The topological polar surface area (TPSA) is 85.7 Å². The van der Waals surface area contributed by atoms with E-state index in [1.807, 2.05) is 49.4 Å². The molecule has 11 heteroatoms. The summed E-state index contributed by atoms with van der Waals surface area (Å²) >= 11 is 0. The van der Waals surface area contributed by atoms with Gasteiger partial charge >= 0.3 is 12.1 Å². The maximum absolute atomic E-state index is 14.2. The molecule has 1 unspecified atom stereocenters. The van der Waals surface area contributed by atoms with Crippen LogP contribution in [0.1, 0.15) is 41.6 Å². The van der Waals surface area contributed by atoms with Gasteiger partial charge in [-0.3, -0.25) is 9.36 Å². The molecular formula is C31H29F3N2O5S. The fraction of sp³-hybridized carbons (Fsp3) is 0.290. The average Bonchev–Trinajstić information content (AvgIpc) is 2.96. The van der Waals surface area contributed by atoms with Gasteiger partial charge in [0, 0.05) is 24.7 Å². The summed E-state index contributed by atoms with van der Waals surface area (Å²) in [6.45, 7) is 1.48. The molecule has 2 heterocycles. The maximum atomic E-state index is 14.2. The molecule has 0 spiro atoms. The Morgan fingerprint density at radius 3 is 2.40 bits per heavy atom. The van der Waals surface area contributed by atoms with Crippen molar-refractivity contribution >= 4 is 26.8 Å². The minimum absolute atomic E-state index is 0.0244. The van der Waals surface area contributed by atoms with Crippen LogP contribution in [0, 0.1) is 0 Å². The lowest BCUT2D eigenvalue weighted by Gasteiger charge is -2.35. The molecule has 0 amide bonds. The third-order valence-corrected chi connectivity index (χ3v) is 9.53. The van der Waals surface area contributed by atoms with Crippen LogP contribution in [-0.4, -0.2) is 44.0 Å². The number of esters is 1. The van der Waals surface area contributed by atoms with Crippen molar-refractivity contribution in [3.8, 4) is 11.1 Å². The summed E-state index contributed by atoms with van der Waals surface area (Å²) < 4.78 is 76.4. The number of benzene rings is 3. The molecule has 0 saturated heterocycles. The van der Waals surface area contributed by atoms with E-state index >= 15 is 0 Å². The molecule has 7 nitrogen and oxygen atoms in total. The Labute approximate surface area is 241 Å². The molecule has 0 aliphatic carbocycles. The SMILES string of the molecule is CCCc1c(Cc2cccc3ccccc23)c(-c2cccc(C(F)(F)F)c2)c2n(c1=O)C(C(=O)OC)CN(C)S2(=O)=O. The molecule has 220 valence electrons. The van der Waals surface area contributed by atoms with Gasteiger partial charge in [-0.15, -0.1) is 0 Å². The van der Waals surface area contributed by atoms with Crippen molar-refractivity contribution < 1.29 is 31.1 Å². The first-order valence-corrected chi connectivity index (χ1v) is 14.8. The van der Waals surface area contributed by atoms with Crippen LogP contribution in [0.2, 0.25) is 0 Å². The van der Waals surface area contributed by atoms with Gasteiger partial charge in [0.15, 0.2) is 5.03 Å². The zero-order chi connectivity index (χ0) is 30.4. The normalized spacial score (nSPS) is 16.8. The van der Waals surface area contributed by atoms with E-state index in [2.05, 4.69) is 0 Å². The summed E-state index contributed by atoms with van der Waals surface area (Å²) in [5.74, 6) is -0.834. The number of aromatic nitrogens is 1. The summed E-state index contributed by atoms with van der Waals surface area (Å²) in [6, 6.07) is 16.2. The Kier molecular flexibility index (Phi) is 7.76. The molecule has 0 saturated carbocycles. The van der Waals surface area contributed by atoms with Crippen LogP contribution in [0.4, 0.5) is 13.2 Å². The van der Waals surface area contributed by atoms with Crippen LogP contribution >= 0.6 is 0 Å². The van der Waals surface area contributed by atoms with Crippen molar-refractivity contribution in [3.05, 3.63) is 99.3 Å². The second kappa shape index (κ2) is 11.0. The van der Waals surface area contributed by atoms with E-state index in [4.69, 9.17) is 4.74 Å². The molecule has 1 aliphatic heterocycles. The highest BCUT2D eigenvalue weighted by molar-refractivity contribution is 7.89. The van der Waals surface area contributed by atoms with Crippen molar-refractivity contribution in [3.63, 3.8) is 0 Å². The van der Waals surface area contributed by atoms with Gasteiger partial charge in [0.1, 0.15) is 6.04 Å². The zero-order valence-electron chi connectivity index (χ0n) is 23.2. The minimum atomic E-state index is -4.70. The quantitative estimate of drug-likeness (QED) is 0.271. The number of carbonyl (C=O) groups is 1. The number of nitrogens with zero attached hydrogens (tertiary/aromatic N) is 2. The van der Waals surface area contributed by atoms with Gasteiger partial charge in [0.05, 0.1) is 12.7 Å². The van der Waals surface area contributed by atoms with Crippen LogP contribution in [0.25, 0.3) is 21.9 Å². The summed E-state index contributed by atoms with van der Waals surface area (Å²) in [5, 5.41) is 1.26. The molecule has 1 aromatic heterocycles. The van der Waals surface area contributed by atoms with Gasteiger partial charge in [0.25, 0.3) is 15.6 Å². The first kappa shape index (κ1) is 29.5. The first-order valence-electron chi connectivity index (χ1n) is 13.4. The molecular weight excluding hydrogens is 569 g/mol. The highest BCUT2D eigenvalue weighted by Crippen LogP contribution is 2.41. The minimum Gasteiger partial charge on any atom is -0.467 e. The Morgan fingerprint density at radius 1 is 1.02 bits per heavy atom. The molecule has 4 aromatic rings. The van der Waals surface area contributed by atoms with Crippen molar-refractivity contribution in [2.24, 2.45) is 0 Å². The summed E-state index contributed by atoms with van der Waals surface area (Å²) in [6.07, 6.45) is -3.91. The Morgan fingerprint density at radius 2 is 1.71 bits per heavy atom. The summed E-state index contributed by atoms with van der Waals surface area (Å²) in [5.41, 5.74) is -0.370. The van der Waals surface area contributed by atoms with Crippen molar-refractivity contribution in [1.29, 1.82) is 0 Å². The lowest BCUT2D eigenvalue weighted by molar-refractivity contribution is -0.145. The number of methoxy groups -OCH3 is 1. The van der Waals surface area contributed by atoms with Crippen molar-refractivity contribution in [2.45, 2.75) is 43.4 Å². The van der Waals surface area contributed by atoms with Gasteiger partial charge in [-0.25, -0.2) is 13.2 Å². The largest absolute Gasteiger partial charge is 0.467 e. The number of alkyl halides is 3. The van der Waals surface area contributed by atoms with Crippen molar-refractivity contribution in [1.82, 2.24) is 8.87 Å². The molecule has 1 aliphatic rings. The number of pyridine rings is 1. The number of carbonyl (C=O) groups excluding carboxylic acids is 1. The fourth-order valence-electron chi connectivity index (χ4n) is 5.68. The van der Waals surface area contributed by atoms with E-state index in [9.17, 15) is 31.2 Å². The predicted molar refractivity (Wildman–Crippen MR) is 153 cm³/mol. The van der Waals surface area contributed by atoms with E-state index < -0.39 is 44.4 Å².